The van der Waals surface area contributed by atoms with E-state index in [9.17, 15) is 9.18 Å². The number of halogens is 1. The van der Waals surface area contributed by atoms with Crippen molar-refractivity contribution in [2.45, 2.75) is 26.3 Å². The quantitative estimate of drug-likeness (QED) is 0.752. The van der Waals surface area contributed by atoms with Crippen molar-refractivity contribution in [3.63, 3.8) is 0 Å². The average molecular weight is 208 g/mol. The van der Waals surface area contributed by atoms with Gasteiger partial charge in [-0.2, -0.15) is 4.39 Å². The monoisotopic (exact) mass is 208 g/mol. The highest BCUT2D eigenvalue weighted by atomic mass is 19.1. The summed E-state index contributed by atoms with van der Waals surface area (Å²) < 4.78 is 13.1. The van der Waals surface area contributed by atoms with Crippen LogP contribution in [0.3, 0.4) is 0 Å². The first-order valence-corrected chi connectivity index (χ1v) is 4.92. The zero-order chi connectivity index (χ0) is 11.1. The van der Waals surface area contributed by atoms with Crippen LogP contribution in [0.5, 0.6) is 0 Å². The van der Waals surface area contributed by atoms with E-state index in [1.165, 1.54) is 12.3 Å². The molecule has 1 aliphatic carbocycles. The van der Waals surface area contributed by atoms with Gasteiger partial charge in [0.05, 0.1) is 5.56 Å². The fraction of sp³-hybridized carbons (Fsp3) is 0.455. The van der Waals surface area contributed by atoms with Crippen molar-refractivity contribution in [3.05, 3.63) is 29.8 Å². The van der Waals surface area contributed by atoms with Gasteiger partial charge in [-0.25, -0.2) is 4.98 Å². The third kappa shape index (κ3) is 1.98. The van der Waals surface area contributed by atoms with Gasteiger partial charge in [0.25, 0.3) is 5.91 Å². The summed E-state index contributed by atoms with van der Waals surface area (Å²) in [6.45, 7) is 4.13. The van der Waals surface area contributed by atoms with E-state index in [1.807, 2.05) is 0 Å². The summed E-state index contributed by atoms with van der Waals surface area (Å²) in [5, 5.41) is 2.78. The molecule has 0 radical (unpaired) electrons. The molecule has 1 unspecified atom stereocenters. The Morgan fingerprint density at radius 3 is 2.87 bits per heavy atom. The molecule has 0 spiro atoms. The Bertz CT molecular complexity index is 403. The fourth-order valence-electron chi connectivity index (χ4n) is 1.50. The molecule has 1 atom stereocenters. The average Bonchev–Trinajstić information content (AvgIpc) is 2.74. The van der Waals surface area contributed by atoms with Crippen LogP contribution in [0.25, 0.3) is 0 Å². The molecular weight excluding hydrogens is 195 g/mol. The van der Waals surface area contributed by atoms with Gasteiger partial charge in [0, 0.05) is 12.2 Å². The third-order valence-electron chi connectivity index (χ3n) is 2.82. The molecule has 1 aromatic heterocycles. The molecule has 1 fully saturated rings. The van der Waals surface area contributed by atoms with E-state index >= 15 is 0 Å². The molecule has 0 aromatic carbocycles. The van der Waals surface area contributed by atoms with Crippen LogP contribution in [-0.4, -0.2) is 16.9 Å². The summed E-state index contributed by atoms with van der Waals surface area (Å²) in [4.78, 5) is 15.0. The number of aromatic nitrogens is 1. The molecule has 2 rings (SSSR count). The molecule has 1 aliphatic rings. The normalized spacial score (nSPS) is 22.2. The van der Waals surface area contributed by atoms with Crippen molar-refractivity contribution < 1.29 is 9.18 Å². The predicted molar refractivity (Wildman–Crippen MR) is 53.8 cm³/mol. The highest BCUT2D eigenvalue weighted by molar-refractivity contribution is 5.94. The first-order chi connectivity index (χ1) is 7.00. The Kier molecular flexibility index (Phi) is 2.21. The Labute approximate surface area is 87.7 Å². The van der Waals surface area contributed by atoms with Gasteiger partial charge in [0.1, 0.15) is 0 Å². The van der Waals surface area contributed by atoms with Crippen molar-refractivity contribution in [2.75, 3.05) is 0 Å². The summed E-state index contributed by atoms with van der Waals surface area (Å²) in [6.07, 6.45) is 2.27. The van der Waals surface area contributed by atoms with Crippen molar-refractivity contribution in [2.24, 2.45) is 5.41 Å². The van der Waals surface area contributed by atoms with Gasteiger partial charge in [0.2, 0.25) is 5.95 Å². The largest absolute Gasteiger partial charge is 0.349 e. The second kappa shape index (κ2) is 3.29. The van der Waals surface area contributed by atoms with Gasteiger partial charge in [-0.3, -0.25) is 4.79 Å². The zero-order valence-corrected chi connectivity index (χ0v) is 8.75. The van der Waals surface area contributed by atoms with Gasteiger partial charge in [0.15, 0.2) is 0 Å². The van der Waals surface area contributed by atoms with Crippen LogP contribution in [0.4, 0.5) is 4.39 Å². The van der Waals surface area contributed by atoms with Crippen LogP contribution in [0.15, 0.2) is 18.3 Å². The highest BCUT2D eigenvalue weighted by Gasteiger charge is 2.46. The molecule has 1 aromatic rings. The van der Waals surface area contributed by atoms with Crippen molar-refractivity contribution in [1.29, 1.82) is 0 Å². The lowest BCUT2D eigenvalue weighted by molar-refractivity contribution is 0.0941. The maximum atomic E-state index is 13.1. The second-order valence-corrected chi connectivity index (χ2v) is 4.56. The zero-order valence-electron chi connectivity index (χ0n) is 8.75. The molecule has 1 heterocycles. The fourth-order valence-corrected chi connectivity index (χ4v) is 1.50. The number of nitrogens with zero attached hydrogens (tertiary/aromatic N) is 1. The number of pyridine rings is 1. The van der Waals surface area contributed by atoms with Gasteiger partial charge >= 0.3 is 0 Å². The molecule has 4 heteroatoms. The van der Waals surface area contributed by atoms with Crippen LogP contribution in [0.1, 0.15) is 30.6 Å². The first-order valence-electron chi connectivity index (χ1n) is 4.92. The van der Waals surface area contributed by atoms with Crippen molar-refractivity contribution in [3.8, 4) is 0 Å². The molecule has 1 saturated carbocycles. The summed E-state index contributed by atoms with van der Waals surface area (Å²) in [5.74, 6) is -1.09. The van der Waals surface area contributed by atoms with Gasteiger partial charge in [-0.1, -0.05) is 13.8 Å². The molecule has 0 bridgehead atoms. The van der Waals surface area contributed by atoms with Crippen LogP contribution >= 0.6 is 0 Å². The van der Waals surface area contributed by atoms with E-state index < -0.39 is 5.95 Å². The van der Waals surface area contributed by atoms with Gasteiger partial charge in [-0.05, 0) is 24.0 Å². The van der Waals surface area contributed by atoms with E-state index in [0.29, 0.717) is 0 Å². The third-order valence-corrected chi connectivity index (χ3v) is 2.82. The number of amides is 1. The summed E-state index contributed by atoms with van der Waals surface area (Å²) in [7, 11) is 0. The van der Waals surface area contributed by atoms with E-state index in [1.54, 1.807) is 6.07 Å². The van der Waals surface area contributed by atoms with Crippen LogP contribution < -0.4 is 5.32 Å². The maximum absolute atomic E-state index is 13.1. The second-order valence-electron chi connectivity index (χ2n) is 4.56. The summed E-state index contributed by atoms with van der Waals surface area (Å²) in [6, 6.07) is 3.15. The van der Waals surface area contributed by atoms with Crippen LogP contribution in [-0.2, 0) is 0 Å². The van der Waals surface area contributed by atoms with Crippen LogP contribution in [0, 0.1) is 11.4 Å². The molecule has 15 heavy (non-hydrogen) atoms. The van der Waals surface area contributed by atoms with Gasteiger partial charge < -0.3 is 5.32 Å². The Balaban J connectivity index is 2.06. The van der Waals surface area contributed by atoms with E-state index in [0.717, 1.165) is 6.42 Å². The SMILES string of the molecule is CC1(C)CC1NC(=O)c1cccnc1F. The minimum absolute atomic E-state index is 0.0141. The number of hydrogen-bond donors (Lipinski definition) is 1. The topological polar surface area (TPSA) is 42.0 Å². The lowest BCUT2D eigenvalue weighted by Crippen LogP contribution is -2.29. The van der Waals surface area contributed by atoms with Crippen molar-refractivity contribution in [1.82, 2.24) is 10.3 Å². The lowest BCUT2D eigenvalue weighted by Gasteiger charge is -2.06. The number of nitrogens with one attached hydrogen (secondary N) is 1. The Hall–Kier alpha value is -1.45. The Morgan fingerprint density at radius 2 is 2.33 bits per heavy atom. The molecule has 80 valence electrons. The number of rotatable bonds is 2. The standard InChI is InChI=1S/C11H13FN2O/c1-11(2)6-8(11)14-10(15)7-4-3-5-13-9(7)12/h3-5,8H,6H2,1-2H3,(H,14,15). The first kappa shape index (κ1) is 10.1. The smallest absolute Gasteiger partial charge is 0.256 e. The number of carbonyl (C=O) groups excluding carboxylic acids is 1. The van der Waals surface area contributed by atoms with E-state index in [-0.39, 0.29) is 22.9 Å². The van der Waals surface area contributed by atoms with Crippen molar-refractivity contribution >= 4 is 5.91 Å². The maximum Gasteiger partial charge on any atom is 0.256 e. The summed E-state index contributed by atoms with van der Waals surface area (Å²) in [5.41, 5.74) is 0.161. The minimum atomic E-state index is -0.714. The van der Waals surface area contributed by atoms with Crippen LogP contribution in [0.2, 0.25) is 0 Å². The molecule has 0 saturated heterocycles. The van der Waals surface area contributed by atoms with E-state index in [2.05, 4.69) is 24.1 Å². The molecule has 1 amide bonds. The van der Waals surface area contributed by atoms with E-state index in [4.69, 9.17) is 0 Å². The minimum Gasteiger partial charge on any atom is -0.349 e. The molecule has 0 aliphatic heterocycles. The molecular formula is C11H13FN2O. The number of hydrogen-bond acceptors (Lipinski definition) is 2. The molecule has 3 nitrogen and oxygen atoms in total. The molecule has 1 N–H and O–H groups in total. The highest BCUT2D eigenvalue weighted by Crippen LogP contribution is 2.44. The lowest BCUT2D eigenvalue weighted by atomic mass is 10.2. The Morgan fingerprint density at radius 1 is 1.67 bits per heavy atom. The van der Waals surface area contributed by atoms with Gasteiger partial charge in [-0.15, -0.1) is 0 Å². The number of carbonyl (C=O) groups is 1. The predicted octanol–water partition coefficient (Wildman–Crippen LogP) is 1.75. The summed E-state index contributed by atoms with van der Waals surface area (Å²) >= 11 is 0.